The summed E-state index contributed by atoms with van der Waals surface area (Å²) < 4.78 is 21.3. The van der Waals surface area contributed by atoms with Gasteiger partial charge in [-0.1, -0.05) is 13.3 Å². The van der Waals surface area contributed by atoms with Crippen LogP contribution in [0.15, 0.2) is 0 Å². The van der Waals surface area contributed by atoms with Crippen molar-refractivity contribution in [2.45, 2.75) is 19.8 Å². The number of rotatable bonds is 11. The molecule has 0 aliphatic rings. The van der Waals surface area contributed by atoms with Gasteiger partial charge in [0.2, 0.25) is 0 Å². The van der Waals surface area contributed by atoms with Gasteiger partial charge in [-0.3, -0.25) is 0 Å². The Morgan fingerprint density at radius 2 is 1.31 bits per heavy atom. The van der Waals surface area contributed by atoms with Crippen LogP contribution in [0.4, 0.5) is 0 Å². The van der Waals surface area contributed by atoms with Crippen molar-refractivity contribution >= 4 is 0 Å². The first-order chi connectivity index (χ1) is 7.74. The molecule has 16 heavy (non-hydrogen) atoms. The van der Waals surface area contributed by atoms with Gasteiger partial charge in [0, 0.05) is 27.9 Å². The monoisotopic (exact) mass is 234 g/mol. The van der Waals surface area contributed by atoms with Crippen molar-refractivity contribution in [2.24, 2.45) is 5.41 Å². The molecule has 0 unspecified atom stereocenters. The zero-order valence-electron chi connectivity index (χ0n) is 11.1. The van der Waals surface area contributed by atoms with Crippen molar-refractivity contribution in [1.82, 2.24) is 0 Å². The first-order valence-electron chi connectivity index (χ1n) is 5.79. The Bertz CT molecular complexity index is 133. The maximum absolute atomic E-state index is 5.66. The number of hydrogen-bond acceptors (Lipinski definition) is 4. The first kappa shape index (κ1) is 15.8. The summed E-state index contributed by atoms with van der Waals surface area (Å²) in [6.07, 6.45) is 2.23. The van der Waals surface area contributed by atoms with Gasteiger partial charge in [-0.15, -0.1) is 0 Å². The Balaban J connectivity index is 4.12. The number of ether oxygens (including phenoxy) is 4. The Morgan fingerprint density at radius 3 is 1.69 bits per heavy atom. The van der Waals surface area contributed by atoms with Crippen LogP contribution in [0.5, 0.6) is 0 Å². The van der Waals surface area contributed by atoms with Gasteiger partial charge in [0.15, 0.2) is 0 Å². The van der Waals surface area contributed by atoms with E-state index in [1.807, 2.05) is 0 Å². The molecule has 0 heterocycles. The molecule has 0 N–H and O–H groups in total. The molecule has 0 bridgehead atoms. The topological polar surface area (TPSA) is 36.9 Å². The van der Waals surface area contributed by atoms with Crippen LogP contribution in [0.3, 0.4) is 0 Å². The molecule has 98 valence electrons. The third kappa shape index (κ3) is 6.43. The molecule has 0 aromatic carbocycles. The Morgan fingerprint density at radius 1 is 0.812 bits per heavy atom. The molecule has 0 saturated heterocycles. The van der Waals surface area contributed by atoms with Crippen molar-refractivity contribution in [1.29, 1.82) is 0 Å². The second kappa shape index (κ2) is 10.0. The van der Waals surface area contributed by atoms with E-state index in [0.29, 0.717) is 26.4 Å². The van der Waals surface area contributed by atoms with Crippen molar-refractivity contribution in [3.63, 3.8) is 0 Å². The molecule has 0 aliphatic carbocycles. The van der Waals surface area contributed by atoms with E-state index in [2.05, 4.69) is 6.92 Å². The summed E-state index contributed by atoms with van der Waals surface area (Å²) in [6.45, 7) is 5.30. The van der Waals surface area contributed by atoms with Crippen LogP contribution in [0.1, 0.15) is 19.8 Å². The van der Waals surface area contributed by atoms with Gasteiger partial charge in [0.1, 0.15) is 0 Å². The summed E-state index contributed by atoms with van der Waals surface area (Å²) >= 11 is 0. The Kier molecular flexibility index (Phi) is 9.92. The van der Waals surface area contributed by atoms with Gasteiger partial charge in [-0.2, -0.15) is 0 Å². The van der Waals surface area contributed by atoms with Crippen LogP contribution in [-0.4, -0.2) is 54.4 Å². The van der Waals surface area contributed by atoms with Crippen molar-refractivity contribution in [2.75, 3.05) is 54.4 Å². The average Bonchev–Trinajstić information content (AvgIpc) is 2.26. The van der Waals surface area contributed by atoms with Crippen LogP contribution in [0, 0.1) is 5.41 Å². The Labute approximate surface area is 99.2 Å². The number of unbranched alkanes of at least 4 members (excludes halogenated alkanes) is 1. The molecular formula is C12H26O4. The zero-order valence-corrected chi connectivity index (χ0v) is 11.1. The van der Waals surface area contributed by atoms with Gasteiger partial charge < -0.3 is 18.9 Å². The molecule has 0 aromatic heterocycles. The SMILES string of the molecule is CCCCOCC(COC)(COC)COC. The molecule has 0 rings (SSSR count). The quantitative estimate of drug-likeness (QED) is 0.510. The summed E-state index contributed by atoms with van der Waals surface area (Å²) in [7, 11) is 5.06. The predicted octanol–water partition coefficient (Wildman–Crippen LogP) is 1.73. The highest BCUT2D eigenvalue weighted by atomic mass is 16.5. The molecular weight excluding hydrogens is 208 g/mol. The normalized spacial score (nSPS) is 12.0. The van der Waals surface area contributed by atoms with E-state index in [-0.39, 0.29) is 5.41 Å². The van der Waals surface area contributed by atoms with Crippen LogP contribution in [0.25, 0.3) is 0 Å². The van der Waals surface area contributed by atoms with E-state index >= 15 is 0 Å². The van der Waals surface area contributed by atoms with Crippen molar-refractivity contribution in [3.8, 4) is 0 Å². The largest absolute Gasteiger partial charge is 0.384 e. The summed E-state index contributed by atoms with van der Waals surface area (Å²) in [5, 5.41) is 0. The highest BCUT2D eigenvalue weighted by molar-refractivity contribution is 4.78. The van der Waals surface area contributed by atoms with E-state index in [4.69, 9.17) is 18.9 Å². The third-order valence-electron chi connectivity index (χ3n) is 2.40. The molecule has 0 saturated carbocycles. The van der Waals surface area contributed by atoms with E-state index < -0.39 is 0 Å². The Hall–Kier alpha value is -0.160. The van der Waals surface area contributed by atoms with E-state index in [1.54, 1.807) is 21.3 Å². The highest BCUT2D eigenvalue weighted by Gasteiger charge is 2.31. The second-order valence-corrected chi connectivity index (χ2v) is 4.21. The molecule has 0 atom stereocenters. The maximum atomic E-state index is 5.66. The summed E-state index contributed by atoms with van der Waals surface area (Å²) in [4.78, 5) is 0. The van der Waals surface area contributed by atoms with Gasteiger partial charge >= 0.3 is 0 Å². The van der Waals surface area contributed by atoms with Gasteiger partial charge in [0.05, 0.1) is 31.8 Å². The van der Waals surface area contributed by atoms with Gasteiger partial charge in [-0.05, 0) is 6.42 Å². The fraction of sp³-hybridized carbons (Fsp3) is 1.00. The molecule has 0 spiro atoms. The molecule has 0 amide bonds. The molecule has 4 heteroatoms. The lowest BCUT2D eigenvalue weighted by molar-refractivity contribution is -0.0850. The summed E-state index contributed by atoms with van der Waals surface area (Å²) in [5.41, 5.74) is -0.189. The smallest absolute Gasteiger partial charge is 0.0637 e. The fourth-order valence-corrected chi connectivity index (χ4v) is 1.70. The number of hydrogen-bond donors (Lipinski definition) is 0. The summed E-state index contributed by atoms with van der Waals surface area (Å²) in [5.74, 6) is 0. The van der Waals surface area contributed by atoms with Crippen LogP contribution < -0.4 is 0 Å². The van der Waals surface area contributed by atoms with Crippen LogP contribution in [-0.2, 0) is 18.9 Å². The fourth-order valence-electron chi connectivity index (χ4n) is 1.70. The average molecular weight is 234 g/mol. The number of methoxy groups -OCH3 is 3. The molecule has 0 aliphatic heterocycles. The minimum Gasteiger partial charge on any atom is -0.384 e. The minimum atomic E-state index is -0.189. The zero-order chi connectivity index (χ0) is 12.3. The van der Waals surface area contributed by atoms with Crippen molar-refractivity contribution < 1.29 is 18.9 Å². The lowest BCUT2D eigenvalue weighted by atomic mass is 9.92. The molecule has 0 fully saturated rings. The summed E-state index contributed by atoms with van der Waals surface area (Å²) in [6, 6.07) is 0. The van der Waals surface area contributed by atoms with Crippen molar-refractivity contribution in [3.05, 3.63) is 0 Å². The first-order valence-corrected chi connectivity index (χ1v) is 5.79. The second-order valence-electron chi connectivity index (χ2n) is 4.21. The third-order valence-corrected chi connectivity index (χ3v) is 2.40. The molecule has 4 nitrogen and oxygen atoms in total. The standard InChI is InChI=1S/C12H26O4/c1-5-6-7-16-11-12(8-13-2,9-14-3)10-15-4/h5-11H2,1-4H3. The highest BCUT2D eigenvalue weighted by Crippen LogP contribution is 2.19. The van der Waals surface area contributed by atoms with E-state index in [0.717, 1.165) is 19.4 Å². The maximum Gasteiger partial charge on any atom is 0.0637 e. The molecule has 0 radical (unpaired) electrons. The molecule has 0 aromatic rings. The lowest BCUT2D eigenvalue weighted by Crippen LogP contribution is -2.40. The van der Waals surface area contributed by atoms with E-state index in [1.165, 1.54) is 0 Å². The van der Waals surface area contributed by atoms with Gasteiger partial charge in [-0.25, -0.2) is 0 Å². The van der Waals surface area contributed by atoms with Crippen LogP contribution in [0.2, 0.25) is 0 Å². The minimum absolute atomic E-state index is 0.189. The van der Waals surface area contributed by atoms with Gasteiger partial charge in [0.25, 0.3) is 0 Å². The predicted molar refractivity (Wildman–Crippen MR) is 63.8 cm³/mol. The van der Waals surface area contributed by atoms with Crippen LogP contribution >= 0.6 is 0 Å². The lowest BCUT2D eigenvalue weighted by Gasteiger charge is -2.31. The van der Waals surface area contributed by atoms with E-state index in [9.17, 15) is 0 Å².